The number of allylic oxidation sites excluding steroid dienone is 1. The maximum absolute atomic E-state index is 11.8. The van der Waals surface area contributed by atoms with E-state index >= 15 is 0 Å². The van der Waals surface area contributed by atoms with Crippen LogP contribution in [0.2, 0.25) is 0 Å². The van der Waals surface area contributed by atoms with Crippen LogP contribution in [0.3, 0.4) is 0 Å². The van der Waals surface area contributed by atoms with Crippen molar-refractivity contribution < 1.29 is 23.1 Å². The molecule has 0 aliphatic rings. The Morgan fingerprint density at radius 3 is 2.20 bits per heavy atom. The van der Waals surface area contributed by atoms with E-state index < -0.39 is 13.6 Å². The van der Waals surface area contributed by atoms with Gasteiger partial charge in [0.25, 0.3) is 0 Å². The normalized spacial score (nSPS) is 11.9. The maximum Gasteiger partial charge on any atom is 0.334 e. The zero-order valence-electron chi connectivity index (χ0n) is 9.26. The Bertz CT molecular complexity index is 251. The molecule has 0 rings (SSSR count). The molecule has 0 spiro atoms. The lowest BCUT2D eigenvalue weighted by molar-refractivity contribution is -0.134. The van der Waals surface area contributed by atoms with Crippen LogP contribution in [-0.4, -0.2) is 32.5 Å². The van der Waals surface area contributed by atoms with Crippen LogP contribution in [0.15, 0.2) is 12.2 Å². The summed E-state index contributed by atoms with van der Waals surface area (Å²) in [4.78, 5) is 10.7. The summed E-state index contributed by atoms with van der Waals surface area (Å²) in [5.74, 6) is -0.491. The van der Waals surface area contributed by atoms with Gasteiger partial charge in [-0.1, -0.05) is 6.08 Å². The average molecular weight is 236 g/mol. The van der Waals surface area contributed by atoms with Crippen molar-refractivity contribution in [2.45, 2.75) is 13.8 Å². The van der Waals surface area contributed by atoms with Gasteiger partial charge in [-0.05, 0) is 13.8 Å². The molecule has 0 radical (unpaired) electrons. The van der Waals surface area contributed by atoms with Gasteiger partial charge >= 0.3 is 13.6 Å². The predicted molar refractivity (Wildman–Crippen MR) is 56.9 cm³/mol. The van der Waals surface area contributed by atoms with Gasteiger partial charge in [0.05, 0.1) is 26.5 Å². The Kier molecular flexibility index (Phi) is 7.30. The Hall–Kier alpha value is -0.640. The largest absolute Gasteiger partial charge is 0.466 e. The van der Waals surface area contributed by atoms with Crippen molar-refractivity contribution in [2.24, 2.45) is 0 Å². The number of hydrogen-bond acceptors (Lipinski definition) is 5. The summed E-state index contributed by atoms with van der Waals surface area (Å²) in [5, 5.41) is 0. The second kappa shape index (κ2) is 7.63. The summed E-state index contributed by atoms with van der Waals surface area (Å²) in [6.45, 7) is 4.08. The number of hydrogen-bond donors (Lipinski definition) is 0. The molecule has 0 N–H and O–H groups in total. The van der Waals surface area contributed by atoms with Crippen LogP contribution >= 0.6 is 7.60 Å². The van der Waals surface area contributed by atoms with E-state index in [9.17, 15) is 9.36 Å². The molecular formula is C9H17O5P. The summed E-state index contributed by atoms with van der Waals surface area (Å²) in [6, 6.07) is 0. The van der Waals surface area contributed by atoms with Gasteiger partial charge in [-0.3, -0.25) is 4.57 Å². The first-order valence-corrected chi connectivity index (χ1v) is 6.43. The van der Waals surface area contributed by atoms with Crippen LogP contribution in [0, 0.1) is 0 Å². The predicted octanol–water partition coefficient (Wildman–Crippen LogP) is 1.98. The smallest absolute Gasteiger partial charge is 0.334 e. The summed E-state index contributed by atoms with van der Waals surface area (Å²) >= 11 is 0. The molecule has 0 aliphatic carbocycles. The Morgan fingerprint density at radius 2 is 1.80 bits per heavy atom. The number of rotatable bonds is 7. The number of ether oxygens (including phenoxy) is 1. The molecule has 0 aromatic heterocycles. The number of carbonyl (C=O) groups is 1. The molecule has 88 valence electrons. The van der Waals surface area contributed by atoms with Crippen LogP contribution in [0.1, 0.15) is 13.8 Å². The SMILES string of the molecule is CCOP(=O)(CC=CC(=O)OC)OCC. The highest BCUT2D eigenvalue weighted by Gasteiger charge is 2.21. The van der Waals surface area contributed by atoms with Gasteiger partial charge in [0.2, 0.25) is 0 Å². The summed E-state index contributed by atoms with van der Waals surface area (Å²) in [7, 11) is -1.81. The third-order valence-corrected chi connectivity index (χ3v) is 3.40. The third kappa shape index (κ3) is 6.44. The highest BCUT2D eigenvalue weighted by Crippen LogP contribution is 2.47. The van der Waals surface area contributed by atoms with Crippen LogP contribution in [0.4, 0.5) is 0 Å². The number of esters is 1. The van der Waals surface area contributed by atoms with Crippen LogP contribution in [0.25, 0.3) is 0 Å². The van der Waals surface area contributed by atoms with E-state index in [4.69, 9.17) is 9.05 Å². The molecule has 0 bridgehead atoms. The quantitative estimate of drug-likeness (QED) is 0.384. The summed E-state index contributed by atoms with van der Waals surface area (Å²) < 4.78 is 26.3. The summed E-state index contributed by atoms with van der Waals surface area (Å²) in [6.07, 6.45) is 2.70. The van der Waals surface area contributed by atoms with Crippen molar-refractivity contribution in [3.8, 4) is 0 Å². The molecule has 0 unspecified atom stereocenters. The molecule has 15 heavy (non-hydrogen) atoms. The van der Waals surface area contributed by atoms with Crippen molar-refractivity contribution in [3.05, 3.63) is 12.2 Å². The zero-order valence-corrected chi connectivity index (χ0v) is 10.2. The lowest BCUT2D eigenvalue weighted by Gasteiger charge is -2.14. The van der Waals surface area contributed by atoms with Gasteiger partial charge in [0.1, 0.15) is 0 Å². The fourth-order valence-electron chi connectivity index (χ4n) is 0.882. The molecule has 0 aliphatic heterocycles. The molecule has 0 aromatic rings. The molecule has 6 heteroatoms. The van der Waals surface area contributed by atoms with Crippen molar-refractivity contribution in [2.75, 3.05) is 26.5 Å². The van der Waals surface area contributed by atoms with Gasteiger partial charge in [-0.2, -0.15) is 0 Å². The second-order valence-corrected chi connectivity index (χ2v) is 4.66. The molecule has 5 nitrogen and oxygen atoms in total. The molecule has 0 saturated heterocycles. The minimum atomic E-state index is -3.08. The molecule has 0 saturated carbocycles. The van der Waals surface area contributed by atoms with Crippen molar-refractivity contribution in [1.29, 1.82) is 0 Å². The zero-order chi connectivity index (χ0) is 11.7. The highest BCUT2D eigenvalue weighted by atomic mass is 31.2. The van der Waals surface area contributed by atoms with Gasteiger partial charge in [-0.25, -0.2) is 4.79 Å². The molecule has 0 amide bonds. The van der Waals surface area contributed by atoms with Crippen molar-refractivity contribution in [1.82, 2.24) is 0 Å². The first-order chi connectivity index (χ1) is 7.08. The van der Waals surface area contributed by atoms with Crippen molar-refractivity contribution in [3.63, 3.8) is 0 Å². The lowest BCUT2D eigenvalue weighted by atomic mass is 10.5. The van der Waals surface area contributed by atoms with E-state index in [2.05, 4.69) is 4.74 Å². The van der Waals surface area contributed by atoms with E-state index in [1.807, 2.05) is 0 Å². The Balaban J connectivity index is 4.23. The molecular weight excluding hydrogens is 219 g/mol. The fraction of sp³-hybridized carbons (Fsp3) is 0.667. The molecule has 0 atom stereocenters. The Morgan fingerprint density at radius 1 is 1.27 bits per heavy atom. The van der Waals surface area contributed by atoms with Crippen LogP contribution < -0.4 is 0 Å². The molecule has 0 heterocycles. The molecule has 0 fully saturated rings. The van der Waals surface area contributed by atoms with Gasteiger partial charge in [0.15, 0.2) is 0 Å². The van der Waals surface area contributed by atoms with E-state index in [1.54, 1.807) is 13.8 Å². The van der Waals surface area contributed by atoms with E-state index in [-0.39, 0.29) is 6.16 Å². The van der Waals surface area contributed by atoms with Gasteiger partial charge in [0, 0.05) is 6.08 Å². The van der Waals surface area contributed by atoms with Crippen LogP contribution in [-0.2, 0) is 23.1 Å². The van der Waals surface area contributed by atoms with E-state index in [0.29, 0.717) is 13.2 Å². The Labute approximate surface area is 89.9 Å². The summed E-state index contributed by atoms with van der Waals surface area (Å²) in [5.41, 5.74) is 0. The topological polar surface area (TPSA) is 61.8 Å². The second-order valence-electron chi connectivity index (χ2n) is 2.55. The van der Waals surface area contributed by atoms with Gasteiger partial charge in [-0.15, -0.1) is 0 Å². The van der Waals surface area contributed by atoms with Gasteiger partial charge < -0.3 is 13.8 Å². The lowest BCUT2D eigenvalue weighted by Crippen LogP contribution is -2.00. The maximum atomic E-state index is 11.8. The van der Waals surface area contributed by atoms with Crippen molar-refractivity contribution >= 4 is 13.6 Å². The van der Waals surface area contributed by atoms with E-state index in [1.165, 1.54) is 19.3 Å². The number of carbonyl (C=O) groups excluding carboxylic acids is 1. The minimum Gasteiger partial charge on any atom is -0.466 e. The average Bonchev–Trinajstić information content (AvgIpc) is 2.18. The first kappa shape index (κ1) is 14.4. The standard InChI is InChI=1S/C9H17O5P/c1-4-13-15(11,14-5-2)8-6-7-9(10)12-3/h6-7H,4-5,8H2,1-3H3. The van der Waals surface area contributed by atoms with E-state index in [0.717, 1.165) is 0 Å². The highest BCUT2D eigenvalue weighted by molar-refractivity contribution is 7.54. The number of methoxy groups -OCH3 is 1. The monoisotopic (exact) mass is 236 g/mol. The minimum absolute atomic E-state index is 0.0732. The molecule has 0 aromatic carbocycles. The first-order valence-electron chi connectivity index (χ1n) is 4.70. The fourth-order valence-corrected chi connectivity index (χ4v) is 2.32. The van der Waals surface area contributed by atoms with Crippen LogP contribution in [0.5, 0.6) is 0 Å². The third-order valence-electron chi connectivity index (χ3n) is 1.44.